The predicted octanol–water partition coefficient (Wildman–Crippen LogP) is 2.63. The Hall–Kier alpha value is -1.52. The van der Waals surface area contributed by atoms with Crippen LogP contribution in [0.2, 0.25) is 5.02 Å². The van der Waals surface area contributed by atoms with Crippen molar-refractivity contribution in [1.82, 2.24) is 9.78 Å². The maximum atomic E-state index is 9.23. The van der Waals surface area contributed by atoms with Crippen molar-refractivity contribution in [3.05, 3.63) is 46.7 Å². The van der Waals surface area contributed by atoms with Crippen molar-refractivity contribution < 1.29 is 9.84 Å². The highest BCUT2D eigenvalue weighted by Crippen LogP contribution is 2.23. The van der Waals surface area contributed by atoms with Crippen LogP contribution in [0.4, 0.5) is 0 Å². The number of halogens is 1. The standard InChI is InChI=1S/C13H15ClN2O2/c1-2-16-7-10(6-15-16)9-18-13-4-3-12(14)5-11(13)8-17/h3-7,17H,2,8-9H2,1H3. The van der Waals surface area contributed by atoms with Crippen LogP contribution in [0.25, 0.3) is 0 Å². The lowest BCUT2D eigenvalue weighted by atomic mass is 10.2. The van der Waals surface area contributed by atoms with E-state index in [2.05, 4.69) is 5.10 Å². The molecule has 5 heteroatoms. The topological polar surface area (TPSA) is 47.3 Å². The van der Waals surface area contributed by atoms with Crippen molar-refractivity contribution in [2.24, 2.45) is 0 Å². The van der Waals surface area contributed by atoms with Crippen LogP contribution in [0.1, 0.15) is 18.1 Å². The Morgan fingerprint density at radius 2 is 2.28 bits per heavy atom. The van der Waals surface area contributed by atoms with E-state index >= 15 is 0 Å². The molecule has 4 nitrogen and oxygen atoms in total. The normalized spacial score (nSPS) is 10.6. The van der Waals surface area contributed by atoms with E-state index in [4.69, 9.17) is 16.3 Å². The minimum Gasteiger partial charge on any atom is -0.488 e. The fourth-order valence-electron chi connectivity index (χ4n) is 1.63. The second kappa shape index (κ2) is 5.89. The number of aryl methyl sites for hydroxylation is 1. The van der Waals surface area contributed by atoms with Gasteiger partial charge in [0.05, 0.1) is 12.8 Å². The second-order valence-corrected chi connectivity index (χ2v) is 4.34. The molecule has 0 spiro atoms. The van der Waals surface area contributed by atoms with Crippen LogP contribution in [0, 0.1) is 0 Å². The third kappa shape index (κ3) is 3.03. The van der Waals surface area contributed by atoms with E-state index in [0.29, 0.717) is 22.9 Å². The summed E-state index contributed by atoms with van der Waals surface area (Å²) in [5, 5.41) is 14.0. The number of ether oxygens (including phenoxy) is 1. The molecule has 0 radical (unpaired) electrons. The van der Waals surface area contributed by atoms with Gasteiger partial charge in [-0.3, -0.25) is 4.68 Å². The molecule has 0 unspecified atom stereocenters. The van der Waals surface area contributed by atoms with Crippen LogP contribution in [0.3, 0.4) is 0 Å². The molecule has 0 atom stereocenters. The lowest BCUT2D eigenvalue weighted by Gasteiger charge is -2.09. The zero-order valence-corrected chi connectivity index (χ0v) is 10.9. The third-order valence-electron chi connectivity index (χ3n) is 2.60. The first-order chi connectivity index (χ1) is 8.72. The summed E-state index contributed by atoms with van der Waals surface area (Å²) in [5.41, 5.74) is 1.68. The molecule has 0 bridgehead atoms. The maximum absolute atomic E-state index is 9.23. The SMILES string of the molecule is CCn1cc(COc2ccc(Cl)cc2CO)cn1. The van der Waals surface area contributed by atoms with Gasteiger partial charge in [0.15, 0.2) is 0 Å². The minimum atomic E-state index is -0.0931. The van der Waals surface area contributed by atoms with E-state index in [1.165, 1.54) is 0 Å². The second-order valence-electron chi connectivity index (χ2n) is 3.90. The van der Waals surface area contributed by atoms with Gasteiger partial charge in [-0.1, -0.05) is 11.6 Å². The predicted molar refractivity (Wildman–Crippen MR) is 69.6 cm³/mol. The van der Waals surface area contributed by atoms with E-state index in [9.17, 15) is 5.11 Å². The summed E-state index contributed by atoms with van der Waals surface area (Å²) in [6, 6.07) is 5.20. The Morgan fingerprint density at radius 1 is 1.44 bits per heavy atom. The van der Waals surface area contributed by atoms with Gasteiger partial charge in [-0.05, 0) is 25.1 Å². The Labute approximate surface area is 111 Å². The van der Waals surface area contributed by atoms with Crippen molar-refractivity contribution in [2.75, 3.05) is 0 Å². The van der Waals surface area contributed by atoms with Crippen LogP contribution in [0.15, 0.2) is 30.6 Å². The molecule has 1 aromatic heterocycles. The molecule has 2 aromatic rings. The number of hydrogen-bond acceptors (Lipinski definition) is 3. The van der Waals surface area contributed by atoms with Crippen molar-refractivity contribution >= 4 is 11.6 Å². The largest absolute Gasteiger partial charge is 0.488 e. The summed E-state index contributed by atoms with van der Waals surface area (Å²) in [4.78, 5) is 0. The summed E-state index contributed by atoms with van der Waals surface area (Å²) in [6.07, 6.45) is 3.71. The van der Waals surface area contributed by atoms with Crippen LogP contribution in [-0.2, 0) is 19.8 Å². The molecule has 96 valence electrons. The van der Waals surface area contributed by atoms with Crippen molar-refractivity contribution in [3.8, 4) is 5.75 Å². The van der Waals surface area contributed by atoms with E-state index in [1.54, 1.807) is 24.4 Å². The number of rotatable bonds is 5. The van der Waals surface area contributed by atoms with Gasteiger partial charge in [-0.15, -0.1) is 0 Å². The zero-order chi connectivity index (χ0) is 13.0. The fraction of sp³-hybridized carbons (Fsp3) is 0.308. The first kappa shape index (κ1) is 12.9. The molecule has 1 N–H and O–H groups in total. The first-order valence-electron chi connectivity index (χ1n) is 5.76. The van der Waals surface area contributed by atoms with Gasteiger partial charge in [0.1, 0.15) is 12.4 Å². The quantitative estimate of drug-likeness (QED) is 0.905. The molecular weight excluding hydrogens is 252 g/mol. The average molecular weight is 267 g/mol. The highest BCUT2D eigenvalue weighted by Gasteiger charge is 2.05. The van der Waals surface area contributed by atoms with Gasteiger partial charge in [0, 0.05) is 28.9 Å². The lowest BCUT2D eigenvalue weighted by Crippen LogP contribution is -1.98. The number of aliphatic hydroxyl groups is 1. The Kier molecular flexibility index (Phi) is 4.23. The van der Waals surface area contributed by atoms with Crippen molar-refractivity contribution in [3.63, 3.8) is 0 Å². The monoisotopic (exact) mass is 266 g/mol. The van der Waals surface area contributed by atoms with E-state index in [0.717, 1.165) is 12.1 Å². The summed E-state index contributed by atoms with van der Waals surface area (Å²) < 4.78 is 7.50. The fourth-order valence-corrected chi connectivity index (χ4v) is 1.82. The van der Waals surface area contributed by atoms with Crippen molar-refractivity contribution in [1.29, 1.82) is 0 Å². The van der Waals surface area contributed by atoms with Gasteiger partial charge < -0.3 is 9.84 Å². The van der Waals surface area contributed by atoms with Crippen LogP contribution < -0.4 is 4.74 Å². The first-order valence-corrected chi connectivity index (χ1v) is 6.14. The third-order valence-corrected chi connectivity index (χ3v) is 2.83. The molecule has 1 heterocycles. The molecule has 0 fully saturated rings. The molecule has 0 amide bonds. The van der Waals surface area contributed by atoms with E-state index in [1.807, 2.05) is 17.8 Å². The molecule has 0 aliphatic heterocycles. The van der Waals surface area contributed by atoms with Gasteiger partial charge in [-0.2, -0.15) is 5.10 Å². The number of benzene rings is 1. The molecular formula is C13H15ClN2O2. The average Bonchev–Trinajstić information content (AvgIpc) is 2.85. The summed E-state index contributed by atoms with van der Waals surface area (Å²) >= 11 is 5.85. The summed E-state index contributed by atoms with van der Waals surface area (Å²) in [7, 11) is 0. The number of nitrogens with zero attached hydrogens (tertiary/aromatic N) is 2. The number of aromatic nitrogens is 2. The molecule has 1 aromatic carbocycles. The van der Waals surface area contributed by atoms with Gasteiger partial charge in [-0.25, -0.2) is 0 Å². The minimum absolute atomic E-state index is 0.0931. The lowest BCUT2D eigenvalue weighted by molar-refractivity contribution is 0.259. The van der Waals surface area contributed by atoms with Crippen LogP contribution >= 0.6 is 11.6 Å². The Bertz CT molecular complexity index is 525. The van der Waals surface area contributed by atoms with E-state index < -0.39 is 0 Å². The van der Waals surface area contributed by atoms with Gasteiger partial charge >= 0.3 is 0 Å². The smallest absolute Gasteiger partial charge is 0.125 e. The highest BCUT2D eigenvalue weighted by molar-refractivity contribution is 6.30. The van der Waals surface area contributed by atoms with Crippen LogP contribution in [-0.4, -0.2) is 14.9 Å². The summed E-state index contributed by atoms with van der Waals surface area (Å²) in [6.45, 7) is 3.20. The van der Waals surface area contributed by atoms with Gasteiger partial charge in [0.2, 0.25) is 0 Å². The molecule has 0 aliphatic rings. The molecule has 0 saturated heterocycles. The maximum Gasteiger partial charge on any atom is 0.125 e. The zero-order valence-electron chi connectivity index (χ0n) is 10.1. The van der Waals surface area contributed by atoms with Crippen molar-refractivity contribution in [2.45, 2.75) is 26.7 Å². The summed E-state index contributed by atoms with van der Waals surface area (Å²) in [5.74, 6) is 0.645. The molecule has 0 aliphatic carbocycles. The molecule has 0 saturated carbocycles. The molecule has 2 rings (SSSR count). The number of aliphatic hydroxyl groups excluding tert-OH is 1. The highest BCUT2D eigenvalue weighted by atomic mass is 35.5. The Balaban J connectivity index is 2.05. The Morgan fingerprint density at radius 3 is 2.94 bits per heavy atom. The van der Waals surface area contributed by atoms with Gasteiger partial charge in [0.25, 0.3) is 0 Å². The van der Waals surface area contributed by atoms with E-state index in [-0.39, 0.29) is 6.61 Å². The molecule has 18 heavy (non-hydrogen) atoms. The van der Waals surface area contributed by atoms with Crippen LogP contribution in [0.5, 0.6) is 5.75 Å². The number of hydrogen-bond donors (Lipinski definition) is 1.